The fourth-order valence-electron chi connectivity index (χ4n) is 3.16. The van der Waals surface area contributed by atoms with Crippen molar-refractivity contribution in [2.24, 2.45) is 0 Å². The first-order chi connectivity index (χ1) is 14.5. The Kier molecular flexibility index (Phi) is 5.74. The van der Waals surface area contributed by atoms with Crippen LogP contribution >= 0.6 is 23.6 Å². The van der Waals surface area contributed by atoms with Crippen LogP contribution in [0.2, 0.25) is 0 Å². The average molecular weight is 434 g/mol. The number of methoxy groups -OCH3 is 1. The Labute approximate surface area is 183 Å². The molecule has 1 amide bonds. The van der Waals surface area contributed by atoms with Gasteiger partial charge >= 0.3 is 0 Å². The number of carbonyl (C=O) groups excluding carboxylic acids is 1. The number of amides is 1. The first-order valence-corrected chi connectivity index (χ1v) is 10.5. The standard InChI is InChI=1S/C23H19N3O2S2/c1-14-7-5-10-17(20(14)28-2)21(27)26-23(29)24-16-9-6-8-15(13-16)22-25-18-11-3-4-12-19(18)30-22/h3-13H,1-2H3,(H2,24,26,27,29). The highest BCUT2D eigenvalue weighted by Gasteiger charge is 2.15. The summed E-state index contributed by atoms with van der Waals surface area (Å²) in [7, 11) is 1.54. The summed E-state index contributed by atoms with van der Waals surface area (Å²) in [5.74, 6) is 0.214. The van der Waals surface area contributed by atoms with Crippen LogP contribution in [0.15, 0.2) is 66.7 Å². The molecule has 0 aliphatic rings. The SMILES string of the molecule is COc1c(C)cccc1C(=O)NC(=S)Nc1cccc(-c2nc3ccccc3s2)c1. The Hall–Kier alpha value is -3.29. The van der Waals surface area contributed by atoms with E-state index >= 15 is 0 Å². The van der Waals surface area contributed by atoms with Gasteiger partial charge in [0.05, 0.1) is 22.9 Å². The number of ether oxygens (including phenoxy) is 1. The van der Waals surface area contributed by atoms with Gasteiger partial charge < -0.3 is 10.1 Å². The second kappa shape index (κ2) is 8.61. The van der Waals surface area contributed by atoms with Crippen molar-refractivity contribution in [2.75, 3.05) is 12.4 Å². The normalized spacial score (nSPS) is 10.6. The molecule has 0 aliphatic carbocycles. The van der Waals surface area contributed by atoms with Gasteiger partial charge in [0.15, 0.2) is 5.11 Å². The minimum absolute atomic E-state index is 0.213. The lowest BCUT2D eigenvalue weighted by molar-refractivity contribution is 0.0974. The van der Waals surface area contributed by atoms with Gasteiger partial charge in [-0.3, -0.25) is 10.1 Å². The quantitative estimate of drug-likeness (QED) is 0.422. The Morgan fingerprint density at radius 3 is 2.67 bits per heavy atom. The topological polar surface area (TPSA) is 63.2 Å². The number of hydrogen-bond acceptors (Lipinski definition) is 5. The van der Waals surface area contributed by atoms with Gasteiger partial charge in [0, 0.05) is 11.3 Å². The van der Waals surface area contributed by atoms with Crippen LogP contribution < -0.4 is 15.4 Å². The van der Waals surface area contributed by atoms with Crippen LogP contribution in [0.3, 0.4) is 0 Å². The number of aryl methyl sites for hydroxylation is 1. The third-order valence-electron chi connectivity index (χ3n) is 4.55. The second-order valence-electron chi connectivity index (χ2n) is 6.63. The minimum atomic E-state index is -0.324. The van der Waals surface area contributed by atoms with E-state index in [-0.39, 0.29) is 11.0 Å². The van der Waals surface area contributed by atoms with E-state index in [2.05, 4.69) is 16.7 Å². The molecule has 0 fully saturated rings. The molecule has 0 unspecified atom stereocenters. The molecular weight excluding hydrogens is 414 g/mol. The van der Waals surface area contributed by atoms with Crippen molar-refractivity contribution in [3.63, 3.8) is 0 Å². The number of thiocarbonyl (C=S) groups is 1. The molecule has 3 aromatic carbocycles. The molecule has 30 heavy (non-hydrogen) atoms. The summed E-state index contributed by atoms with van der Waals surface area (Å²) in [6.45, 7) is 1.89. The fourth-order valence-corrected chi connectivity index (χ4v) is 4.33. The number of rotatable bonds is 4. The molecule has 150 valence electrons. The van der Waals surface area contributed by atoms with E-state index in [4.69, 9.17) is 21.9 Å². The number of hydrogen-bond donors (Lipinski definition) is 2. The molecule has 0 bridgehead atoms. The number of para-hydroxylation sites is 2. The van der Waals surface area contributed by atoms with Crippen molar-refractivity contribution in [3.05, 3.63) is 77.9 Å². The zero-order valence-corrected chi connectivity index (χ0v) is 18.1. The summed E-state index contributed by atoms with van der Waals surface area (Å²) >= 11 is 6.98. The van der Waals surface area contributed by atoms with Gasteiger partial charge in [0.1, 0.15) is 10.8 Å². The van der Waals surface area contributed by atoms with E-state index in [1.807, 2.05) is 61.5 Å². The van der Waals surface area contributed by atoms with Crippen molar-refractivity contribution in [1.29, 1.82) is 0 Å². The smallest absolute Gasteiger partial charge is 0.261 e. The summed E-state index contributed by atoms with van der Waals surface area (Å²) in [4.78, 5) is 17.3. The number of thiazole rings is 1. The van der Waals surface area contributed by atoms with Crippen LogP contribution in [0.1, 0.15) is 15.9 Å². The van der Waals surface area contributed by atoms with Crippen LogP contribution in [-0.4, -0.2) is 23.1 Å². The third kappa shape index (κ3) is 4.17. The maximum Gasteiger partial charge on any atom is 0.261 e. The summed E-state index contributed by atoms with van der Waals surface area (Å²) in [5.41, 5.74) is 4.05. The van der Waals surface area contributed by atoms with Gasteiger partial charge in [-0.15, -0.1) is 11.3 Å². The third-order valence-corrected chi connectivity index (χ3v) is 5.84. The summed E-state index contributed by atoms with van der Waals surface area (Å²) in [6, 6.07) is 21.2. The number of benzene rings is 3. The number of aromatic nitrogens is 1. The first kappa shape index (κ1) is 20.0. The molecule has 4 aromatic rings. The molecular formula is C23H19N3O2S2. The maximum atomic E-state index is 12.6. The van der Waals surface area contributed by atoms with Crippen LogP contribution in [0.4, 0.5) is 5.69 Å². The minimum Gasteiger partial charge on any atom is -0.496 e. The predicted molar refractivity (Wildman–Crippen MR) is 126 cm³/mol. The molecule has 0 saturated heterocycles. The summed E-state index contributed by atoms with van der Waals surface area (Å²) in [5, 5.41) is 6.93. The molecule has 2 N–H and O–H groups in total. The van der Waals surface area contributed by atoms with Gasteiger partial charge in [-0.2, -0.15) is 0 Å². The predicted octanol–water partition coefficient (Wildman–Crippen LogP) is 5.41. The number of nitrogens with zero attached hydrogens (tertiary/aromatic N) is 1. The zero-order valence-electron chi connectivity index (χ0n) is 16.4. The molecule has 7 heteroatoms. The van der Waals surface area contributed by atoms with Gasteiger partial charge in [-0.25, -0.2) is 4.98 Å². The molecule has 0 saturated carbocycles. The lowest BCUT2D eigenvalue weighted by Gasteiger charge is -2.13. The van der Waals surface area contributed by atoms with Crippen LogP contribution in [0.25, 0.3) is 20.8 Å². The maximum absolute atomic E-state index is 12.6. The number of anilines is 1. The van der Waals surface area contributed by atoms with Crippen molar-refractivity contribution in [2.45, 2.75) is 6.92 Å². The zero-order chi connectivity index (χ0) is 21.1. The van der Waals surface area contributed by atoms with E-state index in [9.17, 15) is 4.79 Å². The van der Waals surface area contributed by atoms with E-state index in [0.29, 0.717) is 11.3 Å². The van der Waals surface area contributed by atoms with Gasteiger partial charge in [-0.05, 0) is 55.0 Å². The lowest BCUT2D eigenvalue weighted by Crippen LogP contribution is -2.34. The van der Waals surface area contributed by atoms with Gasteiger partial charge in [0.2, 0.25) is 0 Å². The van der Waals surface area contributed by atoms with Crippen molar-refractivity contribution in [3.8, 4) is 16.3 Å². The molecule has 1 aromatic heterocycles. The Morgan fingerprint density at radius 1 is 1.07 bits per heavy atom. The van der Waals surface area contributed by atoms with Gasteiger partial charge in [-0.1, -0.05) is 36.4 Å². The molecule has 0 aliphatic heterocycles. The van der Waals surface area contributed by atoms with Crippen molar-refractivity contribution < 1.29 is 9.53 Å². The lowest BCUT2D eigenvalue weighted by atomic mass is 10.1. The molecule has 0 spiro atoms. The van der Waals surface area contributed by atoms with E-state index in [0.717, 1.165) is 32.0 Å². The summed E-state index contributed by atoms with van der Waals surface area (Å²) in [6.07, 6.45) is 0. The molecule has 4 rings (SSSR count). The highest BCUT2D eigenvalue weighted by Crippen LogP contribution is 2.31. The van der Waals surface area contributed by atoms with Crippen molar-refractivity contribution >= 4 is 50.5 Å². The van der Waals surface area contributed by atoms with E-state index < -0.39 is 0 Å². The van der Waals surface area contributed by atoms with Crippen molar-refractivity contribution in [1.82, 2.24) is 10.3 Å². The van der Waals surface area contributed by atoms with Crippen LogP contribution in [0.5, 0.6) is 5.75 Å². The highest BCUT2D eigenvalue weighted by molar-refractivity contribution is 7.80. The average Bonchev–Trinajstić information content (AvgIpc) is 3.18. The largest absolute Gasteiger partial charge is 0.496 e. The van der Waals surface area contributed by atoms with Crippen LogP contribution in [0, 0.1) is 6.92 Å². The number of carbonyl (C=O) groups is 1. The van der Waals surface area contributed by atoms with Gasteiger partial charge in [0.25, 0.3) is 5.91 Å². The van der Waals surface area contributed by atoms with E-state index in [1.165, 1.54) is 0 Å². The molecule has 1 heterocycles. The van der Waals surface area contributed by atoms with E-state index in [1.54, 1.807) is 24.5 Å². The fraction of sp³-hybridized carbons (Fsp3) is 0.0870. The summed E-state index contributed by atoms with van der Waals surface area (Å²) < 4.78 is 6.50. The molecule has 0 radical (unpaired) electrons. The monoisotopic (exact) mass is 433 g/mol. The Balaban J connectivity index is 1.49. The second-order valence-corrected chi connectivity index (χ2v) is 8.07. The number of nitrogens with one attached hydrogen (secondary N) is 2. The molecule has 5 nitrogen and oxygen atoms in total. The number of fused-ring (bicyclic) bond motifs is 1. The molecule has 0 atom stereocenters. The Bertz CT molecular complexity index is 1220. The van der Waals surface area contributed by atoms with Crippen LogP contribution in [-0.2, 0) is 0 Å². The first-order valence-electron chi connectivity index (χ1n) is 9.27. The highest BCUT2D eigenvalue weighted by atomic mass is 32.1. The Morgan fingerprint density at radius 2 is 1.87 bits per heavy atom.